The Morgan fingerprint density at radius 1 is 0.786 bits per heavy atom. The van der Waals surface area contributed by atoms with Crippen LogP contribution in [-0.2, 0) is 40.6 Å². The van der Waals surface area contributed by atoms with Crippen LogP contribution in [0.15, 0.2) is 127 Å². The number of aliphatic hydroxyl groups excluding tert-OH is 1. The summed E-state index contributed by atoms with van der Waals surface area (Å²) >= 11 is 0. The molecule has 15 heteroatoms. The Bertz CT molecular complexity index is 2950. The topological polar surface area (TPSA) is 166 Å². The van der Waals surface area contributed by atoms with Gasteiger partial charge in [-0.15, -0.1) is 5.10 Å². The Morgan fingerprint density at radius 2 is 1.50 bits per heavy atom. The lowest BCUT2D eigenvalue weighted by atomic mass is 9.64. The van der Waals surface area contributed by atoms with E-state index in [2.05, 4.69) is 22.2 Å². The summed E-state index contributed by atoms with van der Waals surface area (Å²) in [6.07, 6.45) is 2.51. The predicted octanol–water partition coefficient (Wildman–Crippen LogP) is 7.10. The van der Waals surface area contributed by atoms with Crippen LogP contribution in [0, 0.1) is 17.8 Å². The van der Waals surface area contributed by atoms with E-state index in [-0.39, 0.29) is 38.7 Å². The molecule has 3 saturated heterocycles. The maximum Gasteiger partial charge on any atom is 0.421 e. The number of hydrogen-bond acceptors (Lipinski definition) is 12. The fourth-order valence-electron chi connectivity index (χ4n) is 11.1. The highest BCUT2D eigenvalue weighted by Gasteiger charge is 2.76. The van der Waals surface area contributed by atoms with Gasteiger partial charge in [-0.1, -0.05) is 121 Å². The third kappa shape index (κ3) is 8.35. The lowest BCUT2D eigenvalue weighted by Crippen LogP contribution is -2.56. The number of hydrogen-bond donors (Lipinski definition) is 1. The molecule has 0 aliphatic carbocycles. The molecule has 5 heterocycles. The molecule has 6 unspecified atom stereocenters. The molecular formula is C55H54N6O9. The summed E-state index contributed by atoms with van der Waals surface area (Å²) in [4.78, 5) is 67.9. The van der Waals surface area contributed by atoms with Crippen molar-refractivity contribution in [2.45, 2.75) is 68.3 Å². The number of cyclic esters (lactones) is 1. The molecule has 4 aliphatic heterocycles. The number of carbonyl (C=O) groups excluding carboxylic acids is 4. The summed E-state index contributed by atoms with van der Waals surface area (Å²) < 4.78 is 25.4. The fraction of sp³-hybridized carbons (Fsp3) is 0.345. The lowest BCUT2D eigenvalue weighted by molar-refractivity contribution is -0.179. The average molecular weight is 943 g/mol. The van der Waals surface area contributed by atoms with Crippen molar-refractivity contribution < 1.29 is 43.2 Å². The molecule has 6 atom stereocenters. The van der Waals surface area contributed by atoms with Crippen LogP contribution in [0.25, 0.3) is 11.0 Å². The van der Waals surface area contributed by atoms with Gasteiger partial charge in [-0.25, -0.2) is 14.4 Å². The van der Waals surface area contributed by atoms with Crippen molar-refractivity contribution in [1.82, 2.24) is 24.8 Å². The van der Waals surface area contributed by atoms with Crippen molar-refractivity contribution >= 4 is 40.6 Å². The first-order chi connectivity index (χ1) is 34.3. The number of nitrogens with zero attached hydrogens (tertiary/aromatic N) is 6. The van der Waals surface area contributed by atoms with Crippen LogP contribution < -0.4 is 9.64 Å². The zero-order valence-electron chi connectivity index (χ0n) is 38.9. The number of aromatic nitrogens is 3. The van der Waals surface area contributed by atoms with Crippen LogP contribution in [0.4, 0.5) is 10.5 Å². The molecule has 1 aromatic heterocycles. The molecular weight excluding hydrogens is 889 g/mol. The largest absolute Gasteiger partial charge is 0.491 e. The van der Waals surface area contributed by atoms with Crippen LogP contribution in [-0.4, -0.2) is 106 Å². The Hall–Kier alpha value is -7.38. The molecule has 15 nitrogen and oxygen atoms in total. The van der Waals surface area contributed by atoms with Crippen LogP contribution in [0.1, 0.15) is 78.1 Å². The Labute approximate surface area is 405 Å². The summed E-state index contributed by atoms with van der Waals surface area (Å²) in [5.41, 5.74) is 2.61. The van der Waals surface area contributed by atoms with Gasteiger partial charge in [0.25, 0.3) is 0 Å². The number of methoxy groups -OCH3 is 1. The summed E-state index contributed by atoms with van der Waals surface area (Å²) in [5, 5.41) is 18.4. The van der Waals surface area contributed by atoms with E-state index in [4.69, 9.17) is 18.9 Å². The van der Waals surface area contributed by atoms with E-state index in [1.807, 2.05) is 95.9 Å². The average Bonchev–Trinajstić information content (AvgIpc) is 4.02. The Balaban J connectivity index is 1.25. The highest BCUT2D eigenvalue weighted by atomic mass is 16.6. The number of likely N-dealkylation sites (tertiary alicyclic amines) is 1. The first-order valence-corrected chi connectivity index (χ1v) is 24.0. The summed E-state index contributed by atoms with van der Waals surface area (Å²) in [5.74, 6) is 3.69. The van der Waals surface area contributed by atoms with Gasteiger partial charge in [0.2, 0.25) is 11.8 Å². The van der Waals surface area contributed by atoms with Crippen LogP contribution >= 0.6 is 0 Å². The number of aliphatic hydroxyl groups is 1. The second kappa shape index (κ2) is 20.3. The molecule has 1 N–H and O–H groups in total. The van der Waals surface area contributed by atoms with E-state index in [0.717, 1.165) is 53.6 Å². The quantitative estimate of drug-likeness (QED) is 0.0798. The van der Waals surface area contributed by atoms with Gasteiger partial charge in [0, 0.05) is 25.8 Å². The van der Waals surface area contributed by atoms with Crippen LogP contribution in [0.5, 0.6) is 5.75 Å². The van der Waals surface area contributed by atoms with E-state index >= 15 is 14.4 Å². The number of imide groups is 1. The van der Waals surface area contributed by atoms with Crippen molar-refractivity contribution in [2.75, 3.05) is 51.5 Å². The molecule has 70 heavy (non-hydrogen) atoms. The van der Waals surface area contributed by atoms with Crippen molar-refractivity contribution in [3.8, 4) is 17.6 Å². The highest BCUT2D eigenvalue weighted by Crippen LogP contribution is 2.66. The number of anilines is 1. The molecule has 0 saturated carbocycles. The first kappa shape index (κ1) is 46.4. The highest BCUT2D eigenvalue weighted by molar-refractivity contribution is 6.23. The number of fused-ring (bicyclic) bond motifs is 4. The minimum absolute atomic E-state index is 0.00794. The standard InChI is InChI=1S/C55H54N6O9/c1-67-33-34-69-54(66)60-44-27-26-37(17-16-30-59-45-25-12-11-24-43(45)56-57-59)35-42(44)55(53(60)65)46(51(63)58-28-13-3-2-4-14-29-58)48-52(64)70-49(39-20-9-6-10-21-39)47(38-18-7-5-8-19-38)61(48)50(55)40-22-15-23-41(36-40)68-32-31-62/h5-12,15,18-27,35-36,46-50,62H,2-4,13-14,28-34H2,1H3. The smallest absolute Gasteiger partial charge is 0.421 e. The third-order valence-corrected chi connectivity index (χ3v) is 14.0. The second-order valence-electron chi connectivity index (χ2n) is 18.0. The number of esters is 1. The molecule has 358 valence electrons. The van der Waals surface area contributed by atoms with E-state index < -0.39 is 59.4 Å². The van der Waals surface area contributed by atoms with Crippen LogP contribution in [0.3, 0.4) is 0 Å². The maximum atomic E-state index is 16.6. The van der Waals surface area contributed by atoms with Crippen LogP contribution in [0.2, 0.25) is 0 Å². The third-order valence-electron chi connectivity index (χ3n) is 14.0. The van der Waals surface area contributed by atoms with Gasteiger partial charge < -0.3 is 29.0 Å². The molecule has 5 aromatic carbocycles. The number of rotatable bonds is 11. The van der Waals surface area contributed by atoms with Crippen molar-refractivity contribution in [2.24, 2.45) is 5.92 Å². The van der Waals surface area contributed by atoms with Gasteiger partial charge in [-0.2, -0.15) is 0 Å². The lowest BCUT2D eigenvalue weighted by Gasteiger charge is -2.46. The van der Waals surface area contributed by atoms with Gasteiger partial charge in [0.15, 0.2) is 0 Å². The second-order valence-corrected chi connectivity index (χ2v) is 18.0. The number of para-hydroxylation sites is 1. The molecule has 0 radical (unpaired) electrons. The van der Waals surface area contributed by atoms with E-state index in [1.54, 1.807) is 46.0 Å². The van der Waals surface area contributed by atoms with Gasteiger partial charge in [-0.3, -0.25) is 19.3 Å². The monoisotopic (exact) mass is 942 g/mol. The minimum atomic E-state index is -1.99. The van der Waals surface area contributed by atoms with Gasteiger partial charge >= 0.3 is 12.1 Å². The first-order valence-electron chi connectivity index (χ1n) is 24.0. The normalized spacial score (nSPS) is 23.2. The van der Waals surface area contributed by atoms with E-state index in [9.17, 15) is 9.90 Å². The summed E-state index contributed by atoms with van der Waals surface area (Å²) in [7, 11) is 1.48. The summed E-state index contributed by atoms with van der Waals surface area (Å²) in [6.45, 7) is 0.699. The maximum absolute atomic E-state index is 16.6. The molecule has 3 amide bonds. The van der Waals surface area contributed by atoms with Gasteiger partial charge in [0.05, 0.1) is 42.4 Å². The fourth-order valence-corrected chi connectivity index (χ4v) is 11.1. The number of morpholine rings is 1. The number of ether oxygens (including phenoxy) is 4. The van der Waals surface area contributed by atoms with Gasteiger partial charge in [-0.05, 0) is 77.6 Å². The molecule has 4 aliphatic rings. The zero-order chi connectivity index (χ0) is 48.2. The molecule has 0 bridgehead atoms. The molecule has 10 rings (SSSR count). The molecule has 3 fully saturated rings. The SMILES string of the molecule is COCCOC(=O)N1C(=O)C2(c3cc(C#CCn4nnc5ccccc54)ccc31)C(C(=O)N1CCCCCCC1)C1C(=O)OC(c3ccccc3)C(c3ccccc3)N1C2c1cccc(OCCO)c1. The Morgan fingerprint density at radius 3 is 2.26 bits per heavy atom. The summed E-state index contributed by atoms with van der Waals surface area (Å²) in [6, 6.07) is 35.9. The van der Waals surface area contributed by atoms with E-state index in [0.29, 0.717) is 41.1 Å². The van der Waals surface area contributed by atoms with Crippen molar-refractivity contribution in [3.63, 3.8) is 0 Å². The van der Waals surface area contributed by atoms with Gasteiger partial charge in [0.1, 0.15) is 48.6 Å². The number of amides is 3. The van der Waals surface area contributed by atoms with Crippen molar-refractivity contribution in [1.29, 1.82) is 0 Å². The predicted molar refractivity (Wildman–Crippen MR) is 258 cm³/mol. The molecule has 6 aromatic rings. The Kier molecular flexibility index (Phi) is 13.4. The molecule has 1 spiro atoms. The zero-order valence-corrected chi connectivity index (χ0v) is 38.9. The van der Waals surface area contributed by atoms with Crippen molar-refractivity contribution in [3.05, 3.63) is 155 Å². The van der Waals surface area contributed by atoms with E-state index in [1.165, 1.54) is 7.11 Å². The minimum Gasteiger partial charge on any atom is -0.491 e. The number of carbonyl (C=O) groups is 4. The number of benzene rings is 5.